The van der Waals surface area contributed by atoms with Gasteiger partial charge >= 0.3 is 0 Å². The minimum Gasteiger partial charge on any atom is -0.493 e. The van der Waals surface area contributed by atoms with Crippen LogP contribution in [0.25, 0.3) is 0 Å². The fourth-order valence-corrected chi connectivity index (χ4v) is 2.04. The lowest BCUT2D eigenvalue weighted by atomic mass is 10.1. The fraction of sp³-hybridized carbons (Fsp3) is 0.294. The highest BCUT2D eigenvalue weighted by molar-refractivity contribution is 5.40. The van der Waals surface area contributed by atoms with Crippen LogP contribution in [0, 0.1) is 0 Å². The van der Waals surface area contributed by atoms with E-state index in [1.54, 1.807) is 7.11 Å². The van der Waals surface area contributed by atoms with Crippen molar-refractivity contribution in [3.8, 4) is 11.5 Å². The highest BCUT2D eigenvalue weighted by Crippen LogP contribution is 2.30. The second-order valence-corrected chi connectivity index (χ2v) is 4.48. The molecule has 106 valence electrons. The minimum absolute atomic E-state index is 0.0348. The van der Waals surface area contributed by atoms with Gasteiger partial charge in [0.2, 0.25) is 0 Å². The first-order valence-electron chi connectivity index (χ1n) is 6.90. The van der Waals surface area contributed by atoms with Gasteiger partial charge in [0.05, 0.1) is 7.11 Å². The molecule has 0 aliphatic carbocycles. The molecule has 3 nitrogen and oxygen atoms in total. The SMILES string of the molecule is CCNCC(Oc1ccccc1OC)c1ccccc1. The summed E-state index contributed by atoms with van der Waals surface area (Å²) in [5, 5.41) is 3.34. The van der Waals surface area contributed by atoms with Crippen molar-refractivity contribution in [2.24, 2.45) is 0 Å². The van der Waals surface area contributed by atoms with Crippen molar-refractivity contribution in [2.45, 2.75) is 13.0 Å². The van der Waals surface area contributed by atoms with E-state index in [1.165, 1.54) is 0 Å². The molecule has 2 aromatic carbocycles. The summed E-state index contributed by atoms with van der Waals surface area (Å²) in [4.78, 5) is 0. The van der Waals surface area contributed by atoms with Gasteiger partial charge < -0.3 is 14.8 Å². The predicted molar refractivity (Wildman–Crippen MR) is 81.3 cm³/mol. The van der Waals surface area contributed by atoms with Gasteiger partial charge in [0.1, 0.15) is 6.10 Å². The van der Waals surface area contributed by atoms with Crippen LogP contribution in [-0.4, -0.2) is 20.2 Å². The normalized spacial score (nSPS) is 11.9. The van der Waals surface area contributed by atoms with Crippen molar-refractivity contribution in [3.63, 3.8) is 0 Å². The van der Waals surface area contributed by atoms with Gasteiger partial charge in [0, 0.05) is 6.54 Å². The van der Waals surface area contributed by atoms with Gasteiger partial charge in [-0.2, -0.15) is 0 Å². The molecular formula is C17H21NO2. The number of para-hydroxylation sites is 2. The van der Waals surface area contributed by atoms with Crippen LogP contribution in [0.5, 0.6) is 11.5 Å². The van der Waals surface area contributed by atoms with Crippen LogP contribution >= 0.6 is 0 Å². The van der Waals surface area contributed by atoms with Gasteiger partial charge in [-0.3, -0.25) is 0 Å². The summed E-state index contributed by atoms with van der Waals surface area (Å²) < 4.78 is 11.5. The second kappa shape index (κ2) is 7.56. The number of hydrogen-bond acceptors (Lipinski definition) is 3. The maximum Gasteiger partial charge on any atom is 0.162 e. The van der Waals surface area contributed by atoms with Crippen molar-refractivity contribution in [2.75, 3.05) is 20.2 Å². The molecule has 1 N–H and O–H groups in total. The van der Waals surface area contributed by atoms with Crippen molar-refractivity contribution in [1.29, 1.82) is 0 Å². The maximum atomic E-state index is 6.14. The Hall–Kier alpha value is -2.00. The van der Waals surface area contributed by atoms with E-state index in [4.69, 9.17) is 9.47 Å². The number of methoxy groups -OCH3 is 1. The summed E-state index contributed by atoms with van der Waals surface area (Å²) in [6.45, 7) is 3.77. The first kappa shape index (κ1) is 14.4. The van der Waals surface area contributed by atoms with Gasteiger partial charge in [-0.1, -0.05) is 49.4 Å². The average Bonchev–Trinajstić information content (AvgIpc) is 2.52. The van der Waals surface area contributed by atoms with Crippen LogP contribution in [0.1, 0.15) is 18.6 Å². The molecule has 0 saturated heterocycles. The summed E-state index contributed by atoms with van der Waals surface area (Å²) in [5.74, 6) is 1.52. The molecule has 0 radical (unpaired) electrons. The Balaban J connectivity index is 2.19. The Morgan fingerprint density at radius 2 is 1.60 bits per heavy atom. The molecule has 0 bridgehead atoms. The molecular weight excluding hydrogens is 250 g/mol. The average molecular weight is 271 g/mol. The molecule has 1 atom stereocenters. The third-order valence-corrected chi connectivity index (χ3v) is 3.09. The Kier molecular flexibility index (Phi) is 5.44. The first-order valence-corrected chi connectivity index (χ1v) is 6.90. The molecule has 0 heterocycles. The Morgan fingerprint density at radius 1 is 0.950 bits per heavy atom. The summed E-state index contributed by atoms with van der Waals surface area (Å²) in [6.07, 6.45) is -0.0348. The van der Waals surface area contributed by atoms with Crippen molar-refractivity contribution in [3.05, 3.63) is 60.2 Å². The first-order chi connectivity index (χ1) is 9.85. The van der Waals surface area contributed by atoms with Gasteiger partial charge in [0.25, 0.3) is 0 Å². The molecule has 0 aliphatic heterocycles. The number of rotatable bonds is 7. The van der Waals surface area contributed by atoms with Crippen LogP contribution in [0.3, 0.4) is 0 Å². The minimum atomic E-state index is -0.0348. The molecule has 0 saturated carbocycles. The molecule has 3 heteroatoms. The lowest BCUT2D eigenvalue weighted by Crippen LogP contribution is -2.25. The summed E-state index contributed by atoms with van der Waals surface area (Å²) in [5.41, 5.74) is 1.15. The molecule has 0 spiro atoms. The largest absolute Gasteiger partial charge is 0.493 e. The van der Waals surface area contributed by atoms with Crippen LogP contribution in [0.4, 0.5) is 0 Å². The third kappa shape index (κ3) is 3.75. The molecule has 0 aromatic heterocycles. The van der Waals surface area contributed by atoms with E-state index in [0.29, 0.717) is 0 Å². The molecule has 0 aliphatic rings. The predicted octanol–water partition coefficient (Wildman–Crippen LogP) is 3.42. The van der Waals surface area contributed by atoms with Crippen LogP contribution < -0.4 is 14.8 Å². The fourth-order valence-electron chi connectivity index (χ4n) is 2.04. The zero-order valence-electron chi connectivity index (χ0n) is 12.0. The lowest BCUT2D eigenvalue weighted by Gasteiger charge is -2.21. The van der Waals surface area contributed by atoms with Crippen LogP contribution in [0.15, 0.2) is 54.6 Å². The number of likely N-dealkylation sites (N-methyl/N-ethyl adjacent to an activating group) is 1. The lowest BCUT2D eigenvalue weighted by molar-refractivity contribution is 0.194. The number of ether oxygens (including phenoxy) is 2. The number of benzene rings is 2. The highest BCUT2D eigenvalue weighted by Gasteiger charge is 2.14. The molecule has 2 aromatic rings. The summed E-state index contributed by atoms with van der Waals surface area (Å²) >= 11 is 0. The smallest absolute Gasteiger partial charge is 0.162 e. The van der Waals surface area contributed by atoms with Crippen molar-refractivity contribution in [1.82, 2.24) is 5.32 Å². The molecule has 1 unspecified atom stereocenters. The van der Waals surface area contributed by atoms with Gasteiger partial charge in [-0.15, -0.1) is 0 Å². The highest BCUT2D eigenvalue weighted by atomic mass is 16.5. The topological polar surface area (TPSA) is 30.5 Å². The van der Waals surface area contributed by atoms with E-state index < -0.39 is 0 Å². The van der Waals surface area contributed by atoms with E-state index in [9.17, 15) is 0 Å². The van der Waals surface area contributed by atoms with Gasteiger partial charge in [-0.25, -0.2) is 0 Å². The van der Waals surface area contributed by atoms with E-state index in [0.717, 1.165) is 30.2 Å². The Labute approximate surface area is 120 Å². The summed E-state index contributed by atoms with van der Waals surface area (Å²) in [6, 6.07) is 18.0. The van der Waals surface area contributed by atoms with E-state index in [2.05, 4.69) is 24.4 Å². The van der Waals surface area contributed by atoms with E-state index >= 15 is 0 Å². The molecule has 2 rings (SSSR count). The van der Waals surface area contributed by atoms with Gasteiger partial charge in [0.15, 0.2) is 11.5 Å². The van der Waals surface area contributed by atoms with Crippen LogP contribution in [-0.2, 0) is 0 Å². The molecule has 0 amide bonds. The van der Waals surface area contributed by atoms with Crippen molar-refractivity contribution < 1.29 is 9.47 Å². The summed E-state index contributed by atoms with van der Waals surface area (Å²) in [7, 11) is 1.66. The zero-order valence-corrected chi connectivity index (χ0v) is 12.0. The number of hydrogen-bond donors (Lipinski definition) is 1. The monoisotopic (exact) mass is 271 g/mol. The van der Waals surface area contributed by atoms with E-state index in [1.807, 2.05) is 42.5 Å². The van der Waals surface area contributed by atoms with Gasteiger partial charge in [-0.05, 0) is 24.2 Å². The quantitative estimate of drug-likeness (QED) is 0.837. The van der Waals surface area contributed by atoms with E-state index in [-0.39, 0.29) is 6.10 Å². The van der Waals surface area contributed by atoms with Crippen LogP contribution in [0.2, 0.25) is 0 Å². The molecule has 0 fully saturated rings. The maximum absolute atomic E-state index is 6.14. The Bertz CT molecular complexity index is 513. The third-order valence-electron chi connectivity index (χ3n) is 3.09. The standard InChI is InChI=1S/C17H21NO2/c1-3-18-13-17(14-9-5-4-6-10-14)20-16-12-8-7-11-15(16)19-2/h4-12,17-18H,3,13H2,1-2H3. The second-order valence-electron chi connectivity index (χ2n) is 4.48. The zero-order chi connectivity index (χ0) is 14.2. The van der Waals surface area contributed by atoms with Crippen molar-refractivity contribution >= 4 is 0 Å². The molecule has 20 heavy (non-hydrogen) atoms. The number of nitrogens with one attached hydrogen (secondary N) is 1. The Morgan fingerprint density at radius 3 is 2.25 bits per heavy atom.